The van der Waals surface area contributed by atoms with Gasteiger partial charge in [0, 0.05) is 43.5 Å². The number of pyridine rings is 1. The topological polar surface area (TPSA) is 70.6 Å². The summed E-state index contributed by atoms with van der Waals surface area (Å²) in [7, 11) is -3.12. The van der Waals surface area contributed by atoms with Crippen LogP contribution in [0.4, 0.5) is 0 Å². The van der Waals surface area contributed by atoms with Gasteiger partial charge >= 0.3 is 0 Å². The molecule has 7 heteroatoms. The Morgan fingerprint density at radius 1 is 1.29 bits per heavy atom. The quantitative estimate of drug-likeness (QED) is 0.797. The largest absolute Gasteiger partial charge is 0.337 e. The Morgan fingerprint density at radius 3 is 2.52 bits per heavy atom. The van der Waals surface area contributed by atoms with Crippen LogP contribution in [0, 0.1) is 12.3 Å². The van der Waals surface area contributed by atoms with Crippen molar-refractivity contribution >= 4 is 15.9 Å². The SMILES string of the molecule is Cc1ccc(C(=O)N2CC3(CCN(S(C)(=O)=O)C3)C2)cn1. The molecule has 1 spiro atoms. The summed E-state index contributed by atoms with van der Waals surface area (Å²) in [6.07, 6.45) is 3.67. The molecule has 1 amide bonds. The molecule has 0 aliphatic carbocycles. The highest BCUT2D eigenvalue weighted by molar-refractivity contribution is 7.88. The molecule has 3 rings (SSSR count). The maximum absolute atomic E-state index is 12.3. The van der Waals surface area contributed by atoms with Crippen LogP contribution in [0.3, 0.4) is 0 Å². The average molecular weight is 309 g/mol. The Balaban J connectivity index is 1.64. The lowest BCUT2D eigenvalue weighted by atomic mass is 9.79. The van der Waals surface area contributed by atoms with Crippen molar-refractivity contribution in [3.05, 3.63) is 29.6 Å². The number of likely N-dealkylation sites (tertiary alicyclic amines) is 1. The number of amides is 1. The van der Waals surface area contributed by atoms with E-state index in [1.807, 2.05) is 13.0 Å². The van der Waals surface area contributed by atoms with E-state index >= 15 is 0 Å². The molecular weight excluding hydrogens is 290 g/mol. The van der Waals surface area contributed by atoms with Gasteiger partial charge < -0.3 is 4.90 Å². The Labute approximate surface area is 124 Å². The van der Waals surface area contributed by atoms with E-state index in [-0.39, 0.29) is 11.3 Å². The minimum Gasteiger partial charge on any atom is -0.337 e. The van der Waals surface area contributed by atoms with E-state index < -0.39 is 10.0 Å². The van der Waals surface area contributed by atoms with Gasteiger partial charge in [-0.25, -0.2) is 12.7 Å². The molecule has 2 fully saturated rings. The van der Waals surface area contributed by atoms with Crippen molar-refractivity contribution in [2.75, 3.05) is 32.4 Å². The van der Waals surface area contributed by atoms with Crippen LogP contribution in [-0.4, -0.2) is 60.9 Å². The number of hydrogen-bond donors (Lipinski definition) is 0. The summed E-state index contributed by atoms with van der Waals surface area (Å²) in [4.78, 5) is 18.2. The Kier molecular flexibility index (Phi) is 3.29. The second kappa shape index (κ2) is 4.78. The summed E-state index contributed by atoms with van der Waals surface area (Å²) >= 11 is 0. The minimum absolute atomic E-state index is 0.0223. The lowest BCUT2D eigenvalue weighted by molar-refractivity contribution is 0.0136. The van der Waals surface area contributed by atoms with Crippen molar-refractivity contribution < 1.29 is 13.2 Å². The zero-order valence-corrected chi connectivity index (χ0v) is 13.1. The van der Waals surface area contributed by atoms with E-state index in [9.17, 15) is 13.2 Å². The van der Waals surface area contributed by atoms with E-state index in [1.165, 1.54) is 10.6 Å². The van der Waals surface area contributed by atoms with Crippen LogP contribution in [0.5, 0.6) is 0 Å². The fourth-order valence-corrected chi connectivity index (χ4v) is 4.05. The predicted octanol–water partition coefficient (Wildman–Crippen LogP) is 0.498. The van der Waals surface area contributed by atoms with Crippen LogP contribution < -0.4 is 0 Å². The van der Waals surface area contributed by atoms with Crippen molar-refractivity contribution in [3.8, 4) is 0 Å². The third-order valence-electron chi connectivity index (χ3n) is 4.37. The number of aryl methyl sites for hydroxylation is 1. The fourth-order valence-electron chi connectivity index (χ4n) is 3.12. The lowest BCUT2D eigenvalue weighted by Crippen LogP contribution is -2.59. The first-order valence-electron chi connectivity index (χ1n) is 6.96. The van der Waals surface area contributed by atoms with Crippen LogP contribution in [0.2, 0.25) is 0 Å². The summed E-state index contributed by atoms with van der Waals surface area (Å²) < 4.78 is 24.7. The van der Waals surface area contributed by atoms with Gasteiger partial charge in [0.15, 0.2) is 0 Å². The molecule has 1 aromatic rings. The van der Waals surface area contributed by atoms with Gasteiger partial charge in [0.25, 0.3) is 5.91 Å². The Hall–Kier alpha value is -1.47. The van der Waals surface area contributed by atoms with Crippen molar-refractivity contribution in [1.29, 1.82) is 0 Å². The van der Waals surface area contributed by atoms with Crippen LogP contribution in [0.1, 0.15) is 22.5 Å². The first kappa shape index (κ1) is 14.5. The molecule has 0 atom stereocenters. The number of aromatic nitrogens is 1. The van der Waals surface area contributed by atoms with E-state index in [1.54, 1.807) is 17.2 Å². The number of carbonyl (C=O) groups is 1. The summed E-state index contributed by atoms with van der Waals surface area (Å²) in [5, 5.41) is 0. The van der Waals surface area contributed by atoms with Crippen LogP contribution in [-0.2, 0) is 10.0 Å². The van der Waals surface area contributed by atoms with Gasteiger partial charge in [-0.05, 0) is 25.5 Å². The first-order valence-corrected chi connectivity index (χ1v) is 8.81. The third-order valence-corrected chi connectivity index (χ3v) is 5.62. The van der Waals surface area contributed by atoms with Crippen LogP contribution in [0.25, 0.3) is 0 Å². The third kappa shape index (κ3) is 2.67. The number of nitrogens with zero attached hydrogens (tertiary/aromatic N) is 3. The standard InChI is InChI=1S/C14H19N3O3S/c1-11-3-4-12(7-15-11)13(18)16-8-14(9-16)5-6-17(10-14)21(2,19)20/h3-4,7H,5-6,8-10H2,1-2H3. The Bertz CT molecular complexity index is 663. The van der Waals surface area contributed by atoms with Gasteiger partial charge in [-0.3, -0.25) is 9.78 Å². The van der Waals surface area contributed by atoms with Gasteiger partial charge in [-0.15, -0.1) is 0 Å². The molecule has 1 aromatic heterocycles. The molecule has 0 N–H and O–H groups in total. The van der Waals surface area contributed by atoms with E-state index in [2.05, 4.69) is 4.98 Å². The summed E-state index contributed by atoms with van der Waals surface area (Å²) in [6.45, 7) is 4.23. The van der Waals surface area contributed by atoms with Crippen LogP contribution >= 0.6 is 0 Å². The van der Waals surface area contributed by atoms with Crippen molar-refractivity contribution in [2.45, 2.75) is 13.3 Å². The van der Waals surface area contributed by atoms with Crippen molar-refractivity contribution in [3.63, 3.8) is 0 Å². The molecule has 2 aliphatic heterocycles. The van der Waals surface area contributed by atoms with E-state index in [0.29, 0.717) is 31.7 Å². The second-order valence-corrected chi connectivity index (χ2v) is 8.18. The molecule has 114 valence electrons. The van der Waals surface area contributed by atoms with Crippen molar-refractivity contribution in [1.82, 2.24) is 14.2 Å². The molecule has 0 saturated carbocycles. The van der Waals surface area contributed by atoms with Crippen molar-refractivity contribution in [2.24, 2.45) is 5.41 Å². The smallest absolute Gasteiger partial charge is 0.255 e. The van der Waals surface area contributed by atoms with Gasteiger partial charge in [-0.1, -0.05) is 0 Å². The van der Waals surface area contributed by atoms with Gasteiger partial charge in [0.2, 0.25) is 10.0 Å². The number of sulfonamides is 1. The molecule has 0 unspecified atom stereocenters. The van der Waals surface area contributed by atoms with Gasteiger partial charge in [0.05, 0.1) is 11.8 Å². The minimum atomic E-state index is -3.12. The molecular formula is C14H19N3O3S. The first-order chi connectivity index (χ1) is 9.79. The molecule has 2 saturated heterocycles. The summed E-state index contributed by atoms with van der Waals surface area (Å²) in [5.74, 6) is -0.0223. The number of hydrogen-bond acceptors (Lipinski definition) is 4. The maximum Gasteiger partial charge on any atom is 0.255 e. The highest BCUT2D eigenvalue weighted by Gasteiger charge is 2.50. The maximum atomic E-state index is 12.3. The summed E-state index contributed by atoms with van der Waals surface area (Å²) in [5.41, 5.74) is 1.43. The highest BCUT2D eigenvalue weighted by Crippen LogP contribution is 2.40. The number of rotatable bonds is 2. The van der Waals surface area contributed by atoms with Gasteiger partial charge in [-0.2, -0.15) is 0 Å². The zero-order chi connectivity index (χ0) is 15.3. The Morgan fingerprint density at radius 2 is 2.00 bits per heavy atom. The zero-order valence-electron chi connectivity index (χ0n) is 12.2. The van der Waals surface area contributed by atoms with E-state index in [0.717, 1.165) is 12.1 Å². The molecule has 21 heavy (non-hydrogen) atoms. The molecule has 6 nitrogen and oxygen atoms in total. The lowest BCUT2D eigenvalue weighted by Gasteiger charge is -2.48. The predicted molar refractivity (Wildman–Crippen MR) is 78.3 cm³/mol. The monoisotopic (exact) mass is 309 g/mol. The molecule has 2 aliphatic rings. The average Bonchev–Trinajstić information content (AvgIpc) is 2.82. The molecule has 0 bridgehead atoms. The second-order valence-electron chi connectivity index (χ2n) is 6.20. The van der Waals surface area contributed by atoms with Crippen LogP contribution in [0.15, 0.2) is 18.3 Å². The van der Waals surface area contributed by atoms with E-state index in [4.69, 9.17) is 0 Å². The fraction of sp³-hybridized carbons (Fsp3) is 0.571. The molecule has 0 aromatic carbocycles. The normalized spacial score (nSPS) is 21.5. The molecule has 3 heterocycles. The molecule has 0 radical (unpaired) electrons. The number of carbonyl (C=O) groups excluding carboxylic acids is 1. The highest BCUT2D eigenvalue weighted by atomic mass is 32.2. The summed E-state index contributed by atoms with van der Waals surface area (Å²) in [6, 6.07) is 3.61. The van der Waals surface area contributed by atoms with Gasteiger partial charge in [0.1, 0.15) is 0 Å².